The average Bonchev–Trinajstić information content (AvgIpc) is 2.39. The van der Waals surface area contributed by atoms with E-state index in [2.05, 4.69) is 19.2 Å². The van der Waals surface area contributed by atoms with E-state index in [1.807, 2.05) is 12.1 Å². The molecule has 1 unspecified atom stereocenters. The number of rotatable bonds is 4. The summed E-state index contributed by atoms with van der Waals surface area (Å²) in [5, 5.41) is 3.64. The van der Waals surface area contributed by atoms with E-state index in [-0.39, 0.29) is 11.9 Å². The molecule has 1 aromatic rings. The Labute approximate surface area is 110 Å². The van der Waals surface area contributed by atoms with E-state index in [1.165, 1.54) is 25.7 Å². The van der Waals surface area contributed by atoms with Gasteiger partial charge >= 0.3 is 0 Å². The van der Waals surface area contributed by atoms with Crippen LogP contribution in [0.25, 0.3) is 0 Å². The molecule has 100 valence electrons. The fraction of sp³-hybridized carbons (Fsp3) is 0.625. The Hall–Kier alpha value is -0.890. The molecule has 1 aromatic carbocycles. The first-order valence-corrected chi connectivity index (χ1v) is 7.21. The minimum atomic E-state index is -0.0824. The van der Waals surface area contributed by atoms with Crippen LogP contribution in [0.15, 0.2) is 24.3 Å². The summed E-state index contributed by atoms with van der Waals surface area (Å²) in [6.45, 7) is 4.44. The van der Waals surface area contributed by atoms with Gasteiger partial charge in [-0.05, 0) is 44.1 Å². The molecule has 1 N–H and O–H groups in total. The highest BCUT2D eigenvalue weighted by atomic mass is 19.1. The lowest BCUT2D eigenvalue weighted by atomic mass is 9.86. The predicted octanol–water partition coefficient (Wildman–Crippen LogP) is 4.45. The molecule has 0 amide bonds. The molecule has 1 aliphatic rings. The van der Waals surface area contributed by atoms with Gasteiger partial charge in [0.15, 0.2) is 0 Å². The number of halogens is 1. The molecule has 0 spiro atoms. The maximum Gasteiger partial charge on any atom is 0.127 e. The predicted molar refractivity (Wildman–Crippen MR) is 74.0 cm³/mol. The van der Waals surface area contributed by atoms with E-state index >= 15 is 0 Å². The van der Waals surface area contributed by atoms with Crippen molar-refractivity contribution in [1.82, 2.24) is 5.32 Å². The lowest BCUT2D eigenvalue weighted by Gasteiger charge is -2.31. The lowest BCUT2D eigenvalue weighted by Crippen LogP contribution is -2.35. The van der Waals surface area contributed by atoms with Gasteiger partial charge in [-0.15, -0.1) is 0 Å². The zero-order valence-corrected chi connectivity index (χ0v) is 11.5. The smallest absolute Gasteiger partial charge is 0.127 e. The van der Waals surface area contributed by atoms with Crippen molar-refractivity contribution >= 4 is 0 Å². The van der Waals surface area contributed by atoms with Gasteiger partial charge in [-0.25, -0.2) is 4.39 Å². The summed E-state index contributed by atoms with van der Waals surface area (Å²) in [6.07, 6.45) is 5.99. The quantitative estimate of drug-likeness (QED) is 0.831. The van der Waals surface area contributed by atoms with Crippen molar-refractivity contribution < 1.29 is 4.39 Å². The summed E-state index contributed by atoms with van der Waals surface area (Å²) >= 11 is 0. The Morgan fingerprint density at radius 2 is 1.89 bits per heavy atom. The molecule has 2 heteroatoms. The first-order valence-electron chi connectivity index (χ1n) is 7.21. The molecular formula is C16H24FN. The third kappa shape index (κ3) is 3.32. The number of hydrogen-bond donors (Lipinski definition) is 1. The second-order valence-corrected chi connectivity index (χ2v) is 5.61. The van der Waals surface area contributed by atoms with Crippen molar-refractivity contribution in [2.75, 3.05) is 0 Å². The molecule has 0 aliphatic heterocycles. The molecule has 1 nitrogen and oxygen atoms in total. The second kappa shape index (κ2) is 6.33. The second-order valence-electron chi connectivity index (χ2n) is 5.61. The maximum absolute atomic E-state index is 13.8. The Morgan fingerprint density at radius 1 is 1.22 bits per heavy atom. The Morgan fingerprint density at radius 3 is 2.50 bits per heavy atom. The van der Waals surface area contributed by atoms with Crippen LogP contribution in [-0.4, -0.2) is 6.04 Å². The minimum Gasteiger partial charge on any atom is -0.307 e. The van der Waals surface area contributed by atoms with Gasteiger partial charge in [0.1, 0.15) is 5.82 Å². The van der Waals surface area contributed by atoms with Crippen LogP contribution in [0, 0.1) is 11.7 Å². The van der Waals surface area contributed by atoms with Crippen LogP contribution in [-0.2, 0) is 0 Å². The molecule has 1 fully saturated rings. The van der Waals surface area contributed by atoms with Crippen LogP contribution in [0.2, 0.25) is 0 Å². The molecule has 18 heavy (non-hydrogen) atoms. The number of nitrogens with one attached hydrogen (secondary N) is 1. The number of benzene rings is 1. The van der Waals surface area contributed by atoms with Gasteiger partial charge in [0.05, 0.1) is 0 Å². The molecule has 0 heterocycles. The summed E-state index contributed by atoms with van der Waals surface area (Å²) in [5.41, 5.74) is 0.818. The first kappa shape index (κ1) is 13.5. The highest BCUT2D eigenvalue weighted by molar-refractivity contribution is 5.21. The third-order valence-corrected chi connectivity index (χ3v) is 4.14. The van der Waals surface area contributed by atoms with Gasteiger partial charge in [-0.2, -0.15) is 0 Å². The summed E-state index contributed by atoms with van der Waals surface area (Å²) < 4.78 is 13.8. The van der Waals surface area contributed by atoms with Crippen LogP contribution in [0.5, 0.6) is 0 Å². The van der Waals surface area contributed by atoms with Crippen molar-refractivity contribution in [3.05, 3.63) is 35.6 Å². The van der Waals surface area contributed by atoms with Gasteiger partial charge in [-0.3, -0.25) is 0 Å². The van der Waals surface area contributed by atoms with Crippen LogP contribution in [0.1, 0.15) is 57.6 Å². The molecule has 1 atom stereocenters. The van der Waals surface area contributed by atoms with Gasteiger partial charge in [-0.1, -0.05) is 32.0 Å². The average molecular weight is 249 g/mol. The molecule has 2 rings (SSSR count). The highest BCUT2D eigenvalue weighted by Crippen LogP contribution is 2.27. The number of hydrogen-bond acceptors (Lipinski definition) is 1. The summed E-state index contributed by atoms with van der Waals surface area (Å²) in [4.78, 5) is 0. The molecule has 0 aromatic heterocycles. The monoisotopic (exact) mass is 249 g/mol. The van der Waals surface area contributed by atoms with Crippen molar-refractivity contribution in [2.24, 2.45) is 5.92 Å². The summed E-state index contributed by atoms with van der Waals surface area (Å²) in [5.74, 6) is 0.776. The highest BCUT2D eigenvalue weighted by Gasteiger charge is 2.22. The fourth-order valence-electron chi connectivity index (χ4n) is 2.90. The molecule has 0 bridgehead atoms. The molecule has 1 saturated carbocycles. The Balaban J connectivity index is 1.99. The van der Waals surface area contributed by atoms with Crippen LogP contribution in [0.4, 0.5) is 4.39 Å². The van der Waals surface area contributed by atoms with E-state index < -0.39 is 0 Å². The van der Waals surface area contributed by atoms with E-state index in [0.717, 1.165) is 17.9 Å². The van der Waals surface area contributed by atoms with Crippen LogP contribution < -0.4 is 5.32 Å². The van der Waals surface area contributed by atoms with E-state index in [1.54, 1.807) is 12.1 Å². The lowest BCUT2D eigenvalue weighted by molar-refractivity contribution is 0.282. The van der Waals surface area contributed by atoms with Gasteiger partial charge in [0, 0.05) is 17.6 Å². The van der Waals surface area contributed by atoms with Crippen molar-refractivity contribution in [1.29, 1.82) is 0 Å². The van der Waals surface area contributed by atoms with Crippen LogP contribution >= 0.6 is 0 Å². The zero-order chi connectivity index (χ0) is 13.0. The van der Waals surface area contributed by atoms with Crippen LogP contribution in [0.3, 0.4) is 0 Å². The van der Waals surface area contributed by atoms with Crippen molar-refractivity contribution in [2.45, 2.75) is 58.0 Å². The standard InChI is InChI=1S/C16H24FN/c1-3-16(14-6-4-5-7-15(14)17)18-13-10-8-12(2)9-11-13/h4-7,12-13,16,18H,3,8-11H2,1-2H3. The fourth-order valence-corrected chi connectivity index (χ4v) is 2.90. The SMILES string of the molecule is CCC(NC1CCC(C)CC1)c1ccccc1F. The summed E-state index contributed by atoms with van der Waals surface area (Å²) in [6, 6.07) is 7.86. The maximum atomic E-state index is 13.8. The van der Waals surface area contributed by atoms with Gasteiger partial charge < -0.3 is 5.32 Å². The van der Waals surface area contributed by atoms with Gasteiger partial charge in [0.25, 0.3) is 0 Å². The minimum absolute atomic E-state index is 0.0824. The van der Waals surface area contributed by atoms with E-state index in [0.29, 0.717) is 6.04 Å². The normalized spacial score (nSPS) is 25.9. The van der Waals surface area contributed by atoms with Gasteiger partial charge in [0.2, 0.25) is 0 Å². The van der Waals surface area contributed by atoms with Crippen molar-refractivity contribution in [3.8, 4) is 0 Å². The third-order valence-electron chi connectivity index (χ3n) is 4.14. The molecular weight excluding hydrogens is 225 g/mol. The zero-order valence-electron chi connectivity index (χ0n) is 11.5. The summed E-state index contributed by atoms with van der Waals surface area (Å²) in [7, 11) is 0. The van der Waals surface area contributed by atoms with E-state index in [4.69, 9.17) is 0 Å². The van der Waals surface area contributed by atoms with E-state index in [9.17, 15) is 4.39 Å². The largest absolute Gasteiger partial charge is 0.307 e. The Kier molecular flexibility index (Phi) is 4.76. The Bertz CT molecular complexity index is 369. The van der Waals surface area contributed by atoms with Crippen molar-refractivity contribution in [3.63, 3.8) is 0 Å². The molecule has 0 radical (unpaired) electrons. The first-order chi connectivity index (χ1) is 8.70. The molecule has 1 aliphatic carbocycles. The molecule has 0 saturated heterocycles. The topological polar surface area (TPSA) is 12.0 Å².